The minimum Gasteiger partial charge on any atom is -0.426 e. The number of hydrogen-bond acceptors (Lipinski definition) is 3. The van der Waals surface area contributed by atoms with Crippen LogP contribution in [-0.2, 0) is 4.79 Å². The van der Waals surface area contributed by atoms with E-state index in [0.29, 0.717) is 23.1 Å². The molecule has 1 saturated carbocycles. The predicted octanol–water partition coefficient (Wildman–Crippen LogP) is 5.46. The largest absolute Gasteiger partial charge is 0.426 e. The number of fused-ring (bicyclic) bond motifs is 2. The molecule has 1 fully saturated rings. The first-order chi connectivity index (χ1) is 13.1. The number of carbonyl (C=O) groups excluding carboxylic acids is 2. The van der Waals surface area contributed by atoms with Gasteiger partial charge in [-0.25, -0.2) is 0 Å². The van der Waals surface area contributed by atoms with Crippen molar-refractivity contribution >= 4 is 33.8 Å². The van der Waals surface area contributed by atoms with E-state index in [2.05, 4.69) is 28.1 Å². The predicted molar refractivity (Wildman–Crippen MR) is 108 cm³/mol. The standard InChI is InChI=1S/C23H19BrO3/c24-19-8-6-17(7-9-19)22(25)12-4-15-2-10-20(11-3-15)27-23(26)21-14-16-1-5-18(21)13-16/h1-12,16,18,21H,13-14H2/b12-4+/t16-,18+,21+/m1/s1. The molecule has 27 heavy (non-hydrogen) atoms. The highest BCUT2D eigenvalue weighted by Gasteiger charge is 2.40. The lowest BCUT2D eigenvalue weighted by Crippen LogP contribution is -2.23. The number of halogens is 1. The van der Waals surface area contributed by atoms with Crippen molar-refractivity contribution in [2.45, 2.75) is 12.8 Å². The first kappa shape index (κ1) is 17.9. The number of esters is 1. The number of hydrogen-bond donors (Lipinski definition) is 0. The minimum atomic E-state index is -0.138. The van der Waals surface area contributed by atoms with Gasteiger partial charge in [0.05, 0.1) is 5.92 Å². The van der Waals surface area contributed by atoms with Crippen LogP contribution in [0.1, 0.15) is 28.8 Å². The van der Waals surface area contributed by atoms with E-state index in [9.17, 15) is 9.59 Å². The third kappa shape index (κ3) is 4.11. The molecular weight excluding hydrogens is 404 g/mol. The van der Waals surface area contributed by atoms with Gasteiger partial charge in [0.2, 0.25) is 0 Å². The van der Waals surface area contributed by atoms with Gasteiger partial charge in [-0.1, -0.05) is 46.3 Å². The van der Waals surface area contributed by atoms with Gasteiger partial charge in [-0.2, -0.15) is 0 Å². The Morgan fingerprint density at radius 1 is 0.963 bits per heavy atom. The summed E-state index contributed by atoms with van der Waals surface area (Å²) in [7, 11) is 0. The van der Waals surface area contributed by atoms with Crippen molar-refractivity contribution in [3.8, 4) is 5.75 Å². The van der Waals surface area contributed by atoms with Crippen LogP contribution in [0, 0.1) is 17.8 Å². The quantitative estimate of drug-likeness (QED) is 0.211. The van der Waals surface area contributed by atoms with Crippen molar-refractivity contribution in [2.24, 2.45) is 17.8 Å². The lowest BCUT2D eigenvalue weighted by Gasteiger charge is -2.16. The zero-order valence-electron chi connectivity index (χ0n) is 14.7. The van der Waals surface area contributed by atoms with Crippen LogP contribution in [0.2, 0.25) is 0 Å². The zero-order valence-corrected chi connectivity index (χ0v) is 16.3. The molecule has 4 heteroatoms. The number of allylic oxidation sites excluding steroid dienone is 3. The van der Waals surface area contributed by atoms with E-state index in [-0.39, 0.29) is 17.7 Å². The highest BCUT2D eigenvalue weighted by Crippen LogP contribution is 2.43. The number of carbonyl (C=O) groups is 2. The van der Waals surface area contributed by atoms with Gasteiger partial charge in [0.1, 0.15) is 5.75 Å². The summed E-state index contributed by atoms with van der Waals surface area (Å²) in [5.41, 5.74) is 1.52. The molecule has 0 amide bonds. The molecule has 2 aliphatic carbocycles. The van der Waals surface area contributed by atoms with Crippen LogP contribution in [0.5, 0.6) is 5.75 Å². The number of benzene rings is 2. The van der Waals surface area contributed by atoms with Crippen LogP contribution in [-0.4, -0.2) is 11.8 Å². The molecule has 0 unspecified atom stereocenters. The fourth-order valence-corrected chi connectivity index (χ4v) is 4.04. The topological polar surface area (TPSA) is 43.4 Å². The summed E-state index contributed by atoms with van der Waals surface area (Å²) >= 11 is 3.36. The van der Waals surface area contributed by atoms with Gasteiger partial charge in [0.15, 0.2) is 5.78 Å². The minimum absolute atomic E-state index is 0.0110. The number of ether oxygens (including phenoxy) is 1. The molecule has 0 saturated heterocycles. The van der Waals surface area contributed by atoms with Crippen LogP contribution in [0.15, 0.2) is 71.2 Å². The van der Waals surface area contributed by atoms with Crippen LogP contribution in [0.4, 0.5) is 0 Å². The van der Waals surface area contributed by atoms with Crippen LogP contribution >= 0.6 is 15.9 Å². The maximum atomic E-state index is 12.4. The summed E-state index contributed by atoms with van der Waals surface area (Å²) in [6.45, 7) is 0. The molecule has 0 radical (unpaired) electrons. The van der Waals surface area contributed by atoms with Crippen molar-refractivity contribution in [3.63, 3.8) is 0 Å². The number of rotatable bonds is 5. The van der Waals surface area contributed by atoms with E-state index in [4.69, 9.17) is 4.74 Å². The van der Waals surface area contributed by atoms with Crippen molar-refractivity contribution in [1.82, 2.24) is 0 Å². The Bertz CT molecular complexity index is 910. The Balaban J connectivity index is 1.36. The van der Waals surface area contributed by atoms with Crippen LogP contribution < -0.4 is 4.74 Å². The molecule has 0 N–H and O–H groups in total. The molecule has 3 atom stereocenters. The Morgan fingerprint density at radius 3 is 2.33 bits per heavy atom. The first-order valence-corrected chi connectivity index (χ1v) is 9.86. The van der Waals surface area contributed by atoms with Crippen molar-refractivity contribution in [3.05, 3.63) is 82.4 Å². The second kappa shape index (κ2) is 7.65. The zero-order chi connectivity index (χ0) is 18.8. The van der Waals surface area contributed by atoms with Gasteiger partial charge in [0.25, 0.3) is 0 Å². The van der Waals surface area contributed by atoms with Crippen LogP contribution in [0.25, 0.3) is 6.08 Å². The molecule has 0 aromatic heterocycles. The van der Waals surface area contributed by atoms with Gasteiger partial charge in [-0.3, -0.25) is 9.59 Å². The lowest BCUT2D eigenvalue weighted by atomic mass is 9.94. The second-order valence-corrected chi connectivity index (χ2v) is 8.00. The third-order valence-corrected chi connectivity index (χ3v) is 5.76. The maximum absolute atomic E-state index is 12.4. The molecule has 0 heterocycles. The molecule has 136 valence electrons. The molecule has 2 aliphatic rings. The molecule has 4 rings (SSSR count). The first-order valence-electron chi connectivity index (χ1n) is 9.06. The summed E-state index contributed by atoms with van der Waals surface area (Å²) in [6.07, 6.45) is 9.65. The van der Waals surface area contributed by atoms with E-state index < -0.39 is 0 Å². The number of ketones is 1. The fraction of sp³-hybridized carbons (Fsp3) is 0.217. The molecular formula is C23H19BrO3. The highest BCUT2D eigenvalue weighted by atomic mass is 79.9. The average molecular weight is 423 g/mol. The lowest BCUT2D eigenvalue weighted by molar-refractivity contribution is -0.139. The van der Waals surface area contributed by atoms with Gasteiger partial charge < -0.3 is 4.74 Å². The Hall–Kier alpha value is -2.46. The van der Waals surface area contributed by atoms with Crippen molar-refractivity contribution < 1.29 is 14.3 Å². The van der Waals surface area contributed by atoms with Gasteiger partial charge >= 0.3 is 5.97 Å². The SMILES string of the molecule is O=C(/C=C/c1ccc(OC(=O)[C@H]2C[C@@H]3C=C[C@H]2C3)cc1)c1ccc(Br)cc1. The van der Waals surface area contributed by atoms with Gasteiger partial charge in [-0.05, 0) is 72.7 Å². The Labute approximate surface area is 166 Å². The molecule has 2 bridgehead atoms. The van der Waals surface area contributed by atoms with E-state index in [1.54, 1.807) is 36.4 Å². The summed E-state index contributed by atoms with van der Waals surface area (Å²) in [5, 5.41) is 0. The smallest absolute Gasteiger partial charge is 0.314 e. The van der Waals surface area contributed by atoms with Gasteiger partial charge in [0, 0.05) is 10.0 Å². The molecule has 0 spiro atoms. The normalized spacial score (nSPS) is 23.1. The molecule has 2 aromatic rings. The Kier molecular flexibility index (Phi) is 5.08. The fourth-order valence-electron chi connectivity index (χ4n) is 3.77. The summed E-state index contributed by atoms with van der Waals surface area (Å²) < 4.78 is 6.48. The highest BCUT2D eigenvalue weighted by molar-refractivity contribution is 9.10. The van der Waals surface area contributed by atoms with E-state index in [1.807, 2.05) is 24.3 Å². The summed E-state index contributed by atoms with van der Waals surface area (Å²) in [4.78, 5) is 24.5. The van der Waals surface area contributed by atoms with Crippen LogP contribution in [0.3, 0.4) is 0 Å². The maximum Gasteiger partial charge on any atom is 0.314 e. The molecule has 3 nitrogen and oxygen atoms in total. The average Bonchev–Trinajstić information content (AvgIpc) is 3.31. The van der Waals surface area contributed by atoms with Gasteiger partial charge in [-0.15, -0.1) is 0 Å². The van der Waals surface area contributed by atoms with E-state index >= 15 is 0 Å². The van der Waals surface area contributed by atoms with Crippen molar-refractivity contribution in [1.29, 1.82) is 0 Å². The Morgan fingerprint density at radius 2 is 1.70 bits per heavy atom. The van der Waals surface area contributed by atoms with E-state index in [0.717, 1.165) is 22.9 Å². The monoisotopic (exact) mass is 422 g/mol. The third-order valence-electron chi connectivity index (χ3n) is 5.24. The van der Waals surface area contributed by atoms with Crippen molar-refractivity contribution in [2.75, 3.05) is 0 Å². The molecule has 2 aromatic carbocycles. The summed E-state index contributed by atoms with van der Waals surface area (Å²) in [5.74, 6) is 1.23. The molecule has 0 aliphatic heterocycles. The van der Waals surface area contributed by atoms with E-state index in [1.165, 1.54) is 0 Å². The second-order valence-electron chi connectivity index (χ2n) is 7.08. The summed E-state index contributed by atoms with van der Waals surface area (Å²) in [6, 6.07) is 14.5.